The summed E-state index contributed by atoms with van der Waals surface area (Å²) in [5, 5.41) is 3.24. The van der Waals surface area contributed by atoms with Gasteiger partial charge in [0.1, 0.15) is 0 Å². The van der Waals surface area contributed by atoms with Crippen molar-refractivity contribution in [3.8, 4) is 0 Å². The van der Waals surface area contributed by atoms with E-state index in [1.165, 1.54) is 46.3 Å². The van der Waals surface area contributed by atoms with Gasteiger partial charge >= 0.3 is 0 Å². The van der Waals surface area contributed by atoms with Crippen LogP contribution in [0.3, 0.4) is 0 Å². The van der Waals surface area contributed by atoms with Gasteiger partial charge in [0, 0.05) is 38.6 Å². The minimum atomic E-state index is 0.399. The maximum absolute atomic E-state index is 6.21. The van der Waals surface area contributed by atoms with Crippen LogP contribution in [0, 0.1) is 6.92 Å². The molecule has 0 bridgehead atoms. The molecule has 2 nitrogen and oxygen atoms in total. The van der Waals surface area contributed by atoms with Gasteiger partial charge in [0.25, 0.3) is 0 Å². The standard InChI is InChI=1S/C22H19ClN2/c1-13-22(17-5-2-3-7-20(17)24-13)16-6-4-8-21-18(16)12-14-11-15(23)9-10-19(14)25-21/h2-3,5,7,9-12,16,24H,4,6,8H2,1H3. The molecule has 0 spiro atoms. The summed E-state index contributed by atoms with van der Waals surface area (Å²) < 4.78 is 0. The predicted octanol–water partition coefficient (Wildman–Crippen LogP) is 6.15. The van der Waals surface area contributed by atoms with Gasteiger partial charge in [-0.05, 0) is 67.6 Å². The molecule has 1 aliphatic carbocycles. The number of benzene rings is 2. The van der Waals surface area contributed by atoms with Crippen molar-refractivity contribution in [1.29, 1.82) is 0 Å². The number of nitrogens with one attached hydrogen (secondary N) is 1. The van der Waals surface area contributed by atoms with Gasteiger partial charge < -0.3 is 4.98 Å². The molecule has 1 atom stereocenters. The van der Waals surface area contributed by atoms with Crippen molar-refractivity contribution >= 4 is 33.4 Å². The SMILES string of the molecule is Cc1[nH]c2ccccc2c1C1CCCc2nc3ccc(Cl)cc3cc21. The van der Waals surface area contributed by atoms with Gasteiger partial charge in [-0.3, -0.25) is 4.98 Å². The van der Waals surface area contributed by atoms with Gasteiger partial charge in [-0.25, -0.2) is 0 Å². The van der Waals surface area contributed by atoms with Gasteiger partial charge in [0.05, 0.1) is 5.52 Å². The van der Waals surface area contributed by atoms with E-state index >= 15 is 0 Å². The van der Waals surface area contributed by atoms with E-state index < -0.39 is 0 Å². The number of rotatable bonds is 1. The van der Waals surface area contributed by atoms with Crippen molar-refractivity contribution in [1.82, 2.24) is 9.97 Å². The maximum atomic E-state index is 6.21. The highest BCUT2D eigenvalue weighted by atomic mass is 35.5. The summed E-state index contributed by atoms with van der Waals surface area (Å²) in [7, 11) is 0. The Hall–Kier alpha value is -2.32. The van der Waals surface area contributed by atoms with Gasteiger partial charge in [0.15, 0.2) is 0 Å². The Morgan fingerprint density at radius 2 is 2.00 bits per heavy atom. The number of aromatic amines is 1. The van der Waals surface area contributed by atoms with E-state index in [2.05, 4.69) is 42.2 Å². The number of nitrogens with zero attached hydrogens (tertiary/aromatic N) is 1. The van der Waals surface area contributed by atoms with Crippen LogP contribution in [-0.4, -0.2) is 9.97 Å². The summed E-state index contributed by atoms with van der Waals surface area (Å²) in [5.41, 5.74) is 7.58. The minimum absolute atomic E-state index is 0.399. The summed E-state index contributed by atoms with van der Waals surface area (Å²) in [6.07, 6.45) is 3.41. The van der Waals surface area contributed by atoms with Gasteiger partial charge in [0.2, 0.25) is 0 Å². The molecular weight excluding hydrogens is 328 g/mol. The molecule has 1 aliphatic rings. The van der Waals surface area contributed by atoms with E-state index in [9.17, 15) is 0 Å². The number of hydrogen-bond acceptors (Lipinski definition) is 1. The van der Waals surface area contributed by atoms with Gasteiger partial charge in [-0.2, -0.15) is 0 Å². The molecular formula is C22H19ClN2. The fraction of sp³-hybridized carbons (Fsp3) is 0.227. The summed E-state index contributed by atoms with van der Waals surface area (Å²) >= 11 is 6.21. The van der Waals surface area contributed by atoms with Gasteiger partial charge in [-0.1, -0.05) is 29.8 Å². The fourth-order valence-electron chi connectivity index (χ4n) is 4.38. The molecule has 124 valence electrons. The topological polar surface area (TPSA) is 28.7 Å². The number of hydrogen-bond donors (Lipinski definition) is 1. The summed E-state index contributed by atoms with van der Waals surface area (Å²) in [4.78, 5) is 8.52. The van der Waals surface area contributed by atoms with Crippen molar-refractivity contribution in [2.24, 2.45) is 0 Å². The van der Waals surface area contributed by atoms with Crippen molar-refractivity contribution < 1.29 is 0 Å². The molecule has 2 heterocycles. The summed E-state index contributed by atoms with van der Waals surface area (Å²) in [6.45, 7) is 2.19. The zero-order chi connectivity index (χ0) is 17.0. The number of fused-ring (bicyclic) bond motifs is 3. The van der Waals surface area contributed by atoms with Crippen LogP contribution in [0.5, 0.6) is 0 Å². The first-order chi connectivity index (χ1) is 12.2. The molecule has 25 heavy (non-hydrogen) atoms. The molecule has 0 aliphatic heterocycles. The fourth-order valence-corrected chi connectivity index (χ4v) is 4.56. The first-order valence-corrected chi connectivity index (χ1v) is 9.25. The Morgan fingerprint density at radius 3 is 2.92 bits per heavy atom. The Balaban J connectivity index is 1.76. The molecule has 3 heteroatoms. The highest BCUT2D eigenvalue weighted by Crippen LogP contribution is 2.41. The third-order valence-electron chi connectivity index (χ3n) is 5.46. The molecule has 5 rings (SSSR count). The molecule has 1 unspecified atom stereocenters. The minimum Gasteiger partial charge on any atom is -0.358 e. The lowest BCUT2D eigenvalue weighted by Gasteiger charge is -2.26. The highest BCUT2D eigenvalue weighted by Gasteiger charge is 2.27. The maximum Gasteiger partial charge on any atom is 0.0706 e. The second-order valence-electron chi connectivity index (χ2n) is 7.02. The molecule has 2 aromatic heterocycles. The Labute approximate surface area is 151 Å². The largest absolute Gasteiger partial charge is 0.358 e. The van der Waals surface area contributed by atoms with Crippen LogP contribution < -0.4 is 0 Å². The van der Waals surface area contributed by atoms with Crippen LogP contribution in [0.15, 0.2) is 48.5 Å². The second kappa shape index (κ2) is 5.60. The summed E-state index contributed by atoms with van der Waals surface area (Å²) in [5.74, 6) is 0.399. The average Bonchev–Trinajstić information content (AvgIpc) is 2.95. The van der Waals surface area contributed by atoms with Crippen LogP contribution in [0.4, 0.5) is 0 Å². The number of aromatic nitrogens is 2. The number of para-hydroxylation sites is 1. The van der Waals surface area contributed by atoms with Crippen molar-refractivity contribution in [3.63, 3.8) is 0 Å². The number of H-pyrrole nitrogens is 1. The molecule has 2 aromatic carbocycles. The average molecular weight is 347 g/mol. The first kappa shape index (κ1) is 15.0. The number of aryl methyl sites for hydroxylation is 2. The van der Waals surface area contributed by atoms with Crippen molar-refractivity contribution in [2.75, 3.05) is 0 Å². The lowest BCUT2D eigenvalue weighted by molar-refractivity contribution is 0.606. The third-order valence-corrected chi connectivity index (χ3v) is 5.70. The first-order valence-electron chi connectivity index (χ1n) is 8.87. The monoisotopic (exact) mass is 346 g/mol. The quantitative estimate of drug-likeness (QED) is 0.440. The van der Waals surface area contributed by atoms with Gasteiger partial charge in [-0.15, -0.1) is 0 Å². The molecule has 1 N–H and O–H groups in total. The van der Waals surface area contributed by atoms with Crippen molar-refractivity contribution in [3.05, 3.63) is 76.1 Å². The number of halogens is 1. The smallest absolute Gasteiger partial charge is 0.0706 e. The van der Waals surface area contributed by atoms with Crippen LogP contribution in [0.25, 0.3) is 21.8 Å². The Morgan fingerprint density at radius 1 is 1.12 bits per heavy atom. The molecule has 0 amide bonds. The van der Waals surface area contributed by atoms with E-state index in [1.54, 1.807) is 0 Å². The number of pyridine rings is 1. The molecule has 0 saturated carbocycles. The summed E-state index contributed by atoms with van der Waals surface area (Å²) in [6, 6.07) is 16.9. The lowest BCUT2D eigenvalue weighted by atomic mass is 9.79. The lowest BCUT2D eigenvalue weighted by Crippen LogP contribution is -2.13. The Kier molecular flexibility index (Phi) is 3.36. The van der Waals surface area contributed by atoms with Crippen LogP contribution >= 0.6 is 11.6 Å². The van der Waals surface area contributed by atoms with E-state index in [0.29, 0.717) is 5.92 Å². The van der Waals surface area contributed by atoms with Crippen molar-refractivity contribution in [2.45, 2.75) is 32.1 Å². The third kappa shape index (κ3) is 2.36. The zero-order valence-corrected chi connectivity index (χ0v) is 14.9. The zero-order valence-electron chi connectivity index (χ0n) is 14.1. The van der Waals surface area contributed by atoms with E-state index in [1.807, 2.05) is 18.2 Å². The van der Waals surface area contributed by atoms with Crippen LogP contribution in [-0.2, 0) is 6.42 Å². The van der Waals surface area contributed by atoms with E-state index in [-0.39, 0.29) is 0 Å². The highest BCUT2D eigenvalue weighted by molar-refractivity contribution is 6.31. The van der Waals surface area contributed by atoms with E-state index in [0.717, 1.165) is 22.3 Å². The second-order valence-corrected chi connectivity index (χ2v) is 7.45. The van der Waals surface area contributed by atoms with Crippen LogP contribution in [0.1, 0.15) is 41.3 Å². The molecule has 4 aromatic rings. The Bertz CT molecular complexity index is 1110. The molecule has 0 fully saturated rings. The normalized spacial score (nSPS) is 17.1. The molecule has 0 radical (unpaired) electrons. The molecule has 0 saturated heterocycles. The van der Waals surface area contributed by atoms with Crippen LogP contribution in [0.2, 0.25) is 5.02 Å². The predicted molar refractivity (Wildman–Crippen MR) is 105 cm³/mol. The van der Waals surface area contributed by atoms with E-state index in [4.69, 9.17) is 16.6 Å².